The zero-order valence-corrected chi connectivity index (χ0v) is 16.4. The van der Waals surface area contributed by atoms with Gasteiger partial charge in [0.25, 0.3) is 0 Å². The Morgan fingerprint density at radius 2 is 1.68 bits per heavy atom. The van der Waals surface area contributed by atoms with Gasteiger partial charge >= 0.3 is 5.97 Å². The van der Waals surface area contributed by atoms with E-state index in [2.05, 4.69) is 16.1 Å². The average Bonchev–Trinajstić information content (AvgIpc) is 2.73. The Morgan fingerprint density at radius 3 is 2.36 bits per heavy atom. The molecule has 0 spiro atoms. The zero-order chi connectivity index (χ0) is 19.9. The number of para-hydroxylation sites is 2. The first-order valence-corrected chi connectivity index (χ1v) is 9.14. The number of hydrogen-bond acceptors (Lipinski definition) is 7. The van der Waals surface area contributed by atoms with Gasteiger partial charge in [-0.15, -0.1) is 0 Å². The van der Waals surface area contributed by atoms with E-state index in [-0.39, 0.29) is 5.97 Å². The second-order valence-corrected chi connectivity index (χ2v) is 6.36. The lowest BCUT2D eigenvalue weighted by molar-refractivity contribution is -0.132. The molecular formula is C21H25N3O4. The van der Waals surface area contributed by atoms with Crippen LogP contribution in [-0.2, 0) is 4.79 Å². The van der Waals surface area contributed by atoms with Crippen molar-refractivity contribution in [2.45, 2.75) is 6.92 Å². The standard InChI is InChI=1S/C21H25N3O4/c1-16(25)28-20-9-8-17(14-21(20)27-3)15-22-24-12-10-23(11-13-24)18-6-4-5-7-19(18)26-2/h4-9,14-15H,10-13H2,1-3H3. The summed E-state index contributed by atoms with van der Waals surface area (Å²) < 4.78 is 15.9. The smallest absolute Gasteiger partial charge is 0.308 e. The van der Waals surface area contributed by atoms with E-state index in [4.69, 9.17) is 14.2 Å². The van der Waals surface area contributed by atoms with Gasteiger partial charge in [0.05, 0.1) is 39.2 Å². The minimum Gasteiger partial charge on any atom is -0.495 e. The third kappa shape index (κ3) is 4.73. The van der Waals surface area contributed by atoms with Gasteiger partial charge in [0.2, 0.25) is 0 Å². The van der Waals surface area contributed by atoms with Gasteiger partial charge in [0.15, 0.2) is 11.5 Å². The molecule has 0 aliphatic carbocycles. The number of esters is 1. The number of nitrogens with zero attached hydrogens (tertiary/aromatic N) is 3. The molecule has 2 aromatic rings. The molecule has 0 atom stereocenters. The molecule has 1 aliphatic rings. The van der Waals surface area contributed by atoms with Crippen molar-refractivity contribution in [3.63, 3.8) is 0 Å². The first-order valence-electron chi connectivity index (χ1n) is 9.14. The number of ether oxygens (including phenoxy) is 3. The Hall–Kier alpha value is -3.22. The van der Waals surface area contributed by atoms with Gasteiger partial charge in [-0.1, -0.05) is 12.1 Å². The van der Waals surface area contributed by atoms with Crippen LogP contribution in [0.5, 0.6) is 17.2 Å². The predicted molar refractivity (Wildman–Crippen MR) is 109 cm³/mol. The van der Waals surface area contributed by atoms with Crippen molar-refractivity contribution < 1.29 is 19.0 Å². The quantitative estimate of drug-likeness (QED) is 0.434. The molecule has 0 radical (unpaired) electrons. The van der Waals surface area contributed by atoms with Gasteiger partial charge in [-0.05, 0) is 35.9 Å². The van der Waals surface area contributed by atoms with Crippen molar-refractivity contribution in [2.75, 3.05) is 45.3 Å². The molecule has 1 heterocycles. The molecule has 28 heavy (non-hydrogen) atoms. The molecule has 148 valence electrons. The molecule has 7 heteroatoms. The van der Waals surface area contributed by atoms with E-state index < -0.39 is 0 Å². The van der Waals surface area contributed by atoms with E-state index in [9.17, 15) is 4.79 Å². The number of hydrogen-bond donors (Lipinski definition) is 0. The highest BCUT2D eigenvalue weighted by atomic mass is 16.6. The third-order valence-electron chi connectivity index (χ3n) is 4.49. The van der Waals surface area contributed by atoms with Gasteiger partial charge < -0.3 is 19.1 Å². The Bertz CT molecular complexity index is 845. The Morgan fingerprint density at radius 1 is 0.964 bits per heavy atom. The Labute approximate surface area is 165 Å². The Balaban J connectivity index is 1.61. The zero-order valence-electron chi connectivity index (χ0n) is 16.4. The fourth-order valence-electron chi connectivity index (χ4n) is 3.10. The van der Waals surface area contributed by atoms with Crippen molar-refractivity contribution in [3.8, 4) is 17.2 Å². The maximum absolute atomic E-state index is 11.1. The lowest BCUT2D eigenvalue weighted by atomic mass is 10.2. The van der Waals surface area contributed by atoms with Gasteiger partial charge in [0, 0.05) is 20.0 Å². The number of piperazine rings is 1. The average molecular weight is 383 g/mol. The van der Waals surface area contributed by atoms with E-state index >= 15 is 0 Å². The topological polar surface area (TPSA) is 63.6 Å². The monoisotopic (exact) mass is 383 g/mol. The molecule has 0 amide bonds. The number of methoxy groups -OCH3 is 2. The molecule has 3 rings (SSSR count). The van der Waals surface area contributed by atoms with Crippen LogP contribution in [0.1, 0.15) is 12.5 Å². The highest BCUT2D eigenvalue weighted by Crippen LogP contribution is 2.29. The molecule has 1 saturated heterocycles. The van der Waals surface area contributed by atoms with Gasteiger partial charge in [0.1, 0.15) is 5.75 Å². The van der Waals surface area contributed by atoms with Crippen molar-refractivity contribution in [1.82, 2.24) is 5.01 Å². The molecule has 2 aromatic carbocycles. The molecule has 0 bridgehead atoms. The SMILES string of the molecule is COc1cc(C=NN2CCN(c3ccccc3OC)CC2)ccc1OC(C)=O. The molecule has 7 nitrogen and oxygen atoms in total. The van der Waals surface area contributed by atoms with Crippen LogP contribution in [0.4, 0.5) is 5.69 Å². The largest absolute Gasteiger partial charge is 0.495 e. The van der Waals surface area contributed by atoms with E-state index in [1.165, 1.54) is 6.92 Å². The van der Waals surface area contributed by atoms with Crippen LogP contribution in [0.3, 0.4) is 0 Å². The fourth-order valence-corrected chi connectivity index (χ4v) is 3.10. The van der Waals surface area contributed by atoms with Crippen LogP contribution in [0.2, 0.25) is 0 Å². The number of carbonyl (C=O) groups is 1. The lowest BCUT2D eigenvalue weighted by Gasteiger charge is -2.35. The summed E-state index contributed by atoms with van der Waals surface area (Å²) in [5.74, 6) is 1.41. The molecular weight excluding hydrogens is 358 g/mol. The molecule has 0 saturated carbocycles. The van der Waals surface area contributed by atoms with Gasteiger partial charge in [-0.3, -0.25) is 9.80 Å². The number of benzene rings is 2. The first-order chi connectivity index (χ1) is 13.6. The van der Waals surface area contributed by atoms with E-state index in [0.29, 0.717) is 11.5 Å². The number of anilines is 1. The third-order valence-corrected chi connectivity index (χ3v) is 4.49. The highest BCUT2D eigenvalue weighted by molar-refractivity contribution is 5.81. The summed E-state index contributed by atoms with van der Waals surface area (Å²) >= 11 is 0. The van der Waals surface area contributed by atoms with E-state index in [1.807, 2.05) is 29.3 Å². The fraction of sp³-hybridized carbons (Fsp3) is 0.333. The minimum atomic E-state index is -0.382. The number of rotatable bonds is 6. The molecule has 0 aromatic heterocycles. The summed E-state index contributed by atoms with van der Waals surface area (Å²) in [5, 5.41) is 6.62. The molecule has 0 N–H and O–H groups in total. The van der Waals surface area contributed by atoms with Crippen LogP contribution >= 0.6 is 0 Å². The summed E-state index contributed by atoms with van der Waals surface area (Å²) in [4.78, 5) is 13.5. The van der Waals surface area contributed by atoms with Gasteiger partial charge in [-0.25, -0.2) is 0 Å². The second-order valence-electron chi connectivity index (χ2n) is 6.36. The number of hydrazone groups is 1. The maximum atomic E-state index is 11.1. The van der Waals surface area contributed by atoms with Crippen LogP contribution < -0.4 is 19.1 Å². The number of carbonyl (C=O) groups excluding carboxylic acids is 1. The molecule has 0 unspecified atom stereocenters. The van der Waals surface area contributed by atoms with Crippen molar-refractivity contribution in [2.24, 2.45) is 5.10 Å². The van der Waals surface area contributed by atoms with Crippen LogP contribution in [0.15, 0.2) is 47.6 Å². The predicted octanol–water partition coefficient (Wildman–Crippen LogP) is 2.79. The van der Waals surface area contributed by atoms with E-state index in [1.54, 1.807) is 32.6 Å². The highest BCUT2D eigenvalue weighted by Gasteiger charge is 2.18. The van der Waals surface area contributed by atoms with Crippen LogP contribution in [-0.4, -0.2) is 57.6 Å². The first kappa shape index (κ1) is 19.5. The molecule has 1 fully saturated rings. The summed E-state index contributed by atoms with van der Waals surface area (Å²) in [7, 11) is 3.24. The van der Waals surface area contributed by atoms with Crippen molar-refractivity contribution in [3.05, 3.63) is 48.0 Å². The molecule has 1 aliphatic heterocycles. The summed E-state index contributed by atoms with van der Waals surface area (Å²) in [6.45, 7) is 4.73. The van der Waals surface area contributed by atoms with Crippen LogP contribution in [0.25, 0.3) is 0 Å². The summed E-state index contributed by atoms with van der Waals surface area (Å²) in [6, 6.07) is 13.4. The summed E-state index contributed by atoms with van der Waals surface area (Å²) in [5.41, 5.74) is 1.99. The lowest BCUT2D eigenvalue weighted by Crippen LogP contribution is -2.44. The minimum absolute atomic E-state index is 0.382. The maximum Gasteiger partial charge on any atom is 0.308 e. The summed E-state index contributed by atoms with van der Waals surface area (Å²) in [6.07, 6.45) is 1.79. The van der Waals surface area contributed by atoms with E-state index in [0.717, 1.165) is 43.2 Å². The van der Waals surface area contributed by atoms with Gasteiger partial charge in [-0.2, -0.15) is 5.10 Å². The Kier molecular flexibility index (Phi) is 6.37. The van der Waals surface area contributed by atoms with Crippen molar-refractivity contribution >= 4 is 17.9 Å². The second kappa shape index (κ2) is 9.12. The van der Waals surface area contributed by atoms with Crippen LogP contribution in [0, 0.1) is 0 Å². The normalized spacial score (nSPS) is 14.2. The van der Waals surface area contributed by atoms with Crippen molar-refractivity contribution in [1.29, 1.82) is 0 Å².